The Balaban J connectivity index is 2.20. The number of rotatable bonds is 6. The van der Waals surface area contributed by atoms with Crippen molar-refractivity contribution in [3.8, 4) is 0 Å². The predicted octanol–water partition coefficient (Wildman–Crippen LogP) is 2.12. The van der Waals surface area contributed by atoms with Crippen molar-refractivity contribution in [2.24, 2.45) is 0 Å². The third-order valence-corrected chi connectivity index (χ3v) is 3.56. The van der Waals surface area contributed by atoms with Gasteiger partial charge in [-0.2, -0.15) is 0 Å². The molecule has 2 aromatic rings. The number of aryl methyl sites for hydroxylation is 1. The molecule has 0 bridgehead atoms. The summed E-state index contributed by atoms with van der Waals surface area (Å²) in [6, 6.07) is 7.37. The summed E-state index contributed by atoms with van der Waals surface area (Å²) in [6.07, 6.45) is -0.892. The first-order chi connectivity index (χ1) is 12.5. The van der Waals surface area contributed by atoms with Crippen LogP contribution in [0, 0.1) is 6.92 Å². The topological polar surface area (TPSA) is 104 Å². The molecule has 0 aliphatic carbocycles. The van der Waals surface area contributed by atoms with Crippen LogP contribution >= 0.6 is 0 Å². The fourth-order valence-corrected chi connectivity index (χ4v) is 2.47. The molecule has 1 aromatic carbocycles. The Morgan fingerprint density at radius 2 is 1.88 bits per heavy atom. The van der Waals surface area contributed by atoms with Gasteiger partial charge < -0.3 is 14.2 Å². The molecule has 0 fully saturated rings. The van der Waals surface area contributed by atoms with Gasteiger partial charge in [-0.05, 0) is 25.5 Å². The summed E-state index contributed by atoms with van der Waals surface area (Å²) in [4.78, 5) is 39.8. The number of alkyl carbamates (subject to hydrolysis) is 1. The molecule has 8 nitrogen and oxygen atoms in total. The van der Waals surface area contributed by atoms with Gasteiger partial charge in [0.25, 0.3) is 5.91 Å². The van der Waals surface area contributed by atoms with E-state index in [1.807, 2.05) is 29.6 Å². The first kappa shape index (κ1) is 19.3. The third-order valence-electron chi connectivity index (χ3n) is 3.56. The minimum Gasteiger partial charge on any atom is -0.452 e. The Morgan fingerprint density at radius 1 is 1.15 bits per heavy atom. The molecular formula is C18H20N2O6. The lowest BCUT2D eigenvalue weighted by atomic mass is 10.0. The summed E-state index contributed by atoms with van der Waals surface area (Å²) in [5.41, 5.74) is 2.07. The second-order valence-corrected chi connectivity index (χ2v) is 5.35. The van der Waals surface area contributed by atoms with Crippen LogP contribution in [0.1, 0.15) is 28.5 Å². The van der Waals surface area contributed by atoms with Crippen molar-refractivity contribution in [2.75, 3.05) is 20.3 Å². The Hall–Kier alpha value is -3.00. The molecule has 0 atom stereocenters. The number of imide groups is 1. The number of benzene rings is 1. The average Bonchev–Trinajstić information content (AvgIpc) is 2.60. The van der Waals surface area contributed by atoms with E-state index in [2.05, 4.69) is 9.72 Å². The van der Waals surface area contributed by atoms with Gasteiger partial charge in [0.1, 0.15) is 0 Å². The maximum atomic E-state index is 12.5. The molecule has 0 aliphatic heterocycles. The first-order valence-corrected chi connectivity index (χ1v) is 7.98. The fourth-order valence-electron chi connectivity index (χ4n) is 2.47. The number of methoxy groups -OCH3 is 1. The second kappa shape index (κ2) is 8.91. The number of esters is 1. The zero-order valence-corrected chi connectivity index (χ0v) is 14.8. The molecule has 138 valence electrons. The van der Waals surface area contributed by atoms with Crippen molar-refractivity contribution in [1.29, 1.82) is 0 Å². The number of hydrogen-bond donors (Lipinski definition) is 1. The number of pyridine rings is 1. The van der Waals surface area contributed by atoms with Gasteiger partial charge in [0.05, 0.1) is 30.0 Å². The number of hydrogen-bond acceptors (Lipinski definition) is 7. The molecule has 26 heavy (non-hydrogen) atoms. The van der Waals surface area contributed by atoms with Crippen molar-refractivity contribution in [3.63, 3.8) is 0 Å². The van der Waals surface area contributed by atoms with E-state index < -0.39 is 24.6 Å². The lowest BCUT2D eigenvalue weighted by Crippen LogP contribution is -2.34. The van der Waals surface area contributed by atoms with Crippen LogP contribution in [0.15, 0.2) is 24.3 Å². The Kier molecular flexibility index (Phi) is 6.62. The normalized spacial score (nSPS) is 10.4. The van der Waals surface area contributed by atoms with Gasteiger partial charge in [0, 0.05) is 12.5 Å². The fraction of sp³-hybridized carbons (Fsp3) is 0.333. The smallest absolute Gasteiger partial charge is 0.413 e. The number of amides is 2. The highest BCUT2D eigenvalue weighted by molar-refractivity contribution is 6.00. The molecule has 2 amide bonds. The van der Waals surface area contributed by atoms with Gasteiger partial charge in [0.2, 0.25) is 0 Å². The molecule has 0 saturated carbocycles. The highest BCUT2D eigenvalue weighted by Crippen LogP contribution is 2.24. The number of aromatic nitrogens is 1. The molecule has 0 radical (unpaired) electrons. The van der Waals surface area contributed by atoms with E-state index in [1.54, 1.807) is 13.8 Å². The minimum absolute atomic E-state index is 0.116. The summed E-state index contributed by atoms with van der Waals surface area (Å²) in [7, 11) is 1.49. The number of ether oxygens (including phenoxy) is 3. The van der Waals surface area contributed by atoms with E-state index in [0.29, 0.717) is 11.3 Å². The van der Waals surface area contributed by atoms with Gasteiger partial charge in [-0.3, -0.25) is 10.1 Å². The number of nitrogens with one attached hydrogen (secondary N) is 1. The van der Waals surface area contributed by atoms with Crippen LogP contribution in [0.25, 0.3) is 10.9 Å². The summed E-state index contributed by atoms with van der Waals surface area (Å²) in [5, 5.41) is 2.76. The lowest BCUT2D eigenvalue weighted by molar-refractivity contribution is -0.123. The second-order valence-electron chi connectivity index (χ2n) is 5.35. The molecule has 0 aliphatic rings. The van der Waals surface area contributed by atoms with E-state index in [-0.39, 0.29) is 18.8 Å². The zero-order chi connectivity index (χ0) is 19.1. The van der Waals surface area contributed by atoms with Gasteiger partial charge >= 0.3 is 12.1 Å². The summed E-state index contributed by atoms with van der Waals surface area (Å²) in [5.74, 6) is -1.50. The van der Waals surface area contributed by atoms with E-state index >= 15 is 0 Å². The largest absolute Gasteiger partial charge is 0.452 e. The SMILES string of the molecule is CCOC(=O)NC(=O)COC(=O)c1c(COC)nc2ccccc2c1C. The van der Waals surface area contributed by atoms with Crippen molar-refractivity contribution >= 4 is 28.9 Å². The van der Waals surface area contributed by atoms with Crippen LogP contribution in [0.5, 0.6) is 0 Å². The first-order valence-electron chi connectivity index (χ1n) is 7.98. The van der Waals surface area contributed by atoms with Gasteiger partial charge in [-0.1, -0.05) is 18.2 Å². The molecular weight excluding hydrogens is 340 g/mol. The number of carbonyl (C=O) groups is 3. The molecule has 0 saturated heterocycles. The molecule has 8 heteroatoms. The molecule has 0 unspecified atom stereocenters. The Bertz CT molecular complexity index is 834. The maximum Gasteiger partial charge on any atom is 0.413 e. The Labute approximate surface area is 150 Å². The standard InChI is InChI=1S/C18H20N2O6/c1-4-25-18(23)20-15(21)10-26-17(22)16-11(2)12-7-5-6-8-13(12)19-14(16)9-24-3/h5-8H,4,9-10H2,1-3H3,(H,20,21,23). The highest BCUT2D eigenvalue weighted by atomic mass is 16.6. The quantitative estimate of drug-likeness (QED) is 0.787. The predicted molar refractivity (Wildman–Crippen MR) is 92.6 cm³/mol. The van der Waals surface area contributed by atoms with E-state index in [9.17, 15) is 14.4 Å². The van der Waals surface area contributed by atoms with Gasteiger partial charge in [-0.25, -0.2) is 14.6 Å². The van der Waals surface area contributed by atoms with Crippen LogP contribution in [-0.4, -0.2) is 43.3 Å². The lowest BCUT2D eigenvalue weighted by Gasteiger charge is -2.13. The molecule has 1 aromatic heterocycles. The van der Waals surface area contributed by atoms with Crippen LogP contribution < -0.4 is 5.32 Å². The average molecular weight is 360 g/mol. The number of carbonyl (C=O) groups excluding carboxylic acids is 3. The third kappa shape index (κ3) is 4.54. The molecule has 1 heterocycles. The van der Waals surface area contributed by atoms with E-state index in [1.165, 1.54) is 7.11 Å². The Morgan fingerprint density at radius 3 is 2.58 bits per heavy atom. The maximum absolute atomic E-state index is 12.5. The number of nitrogens with zero attached hydrogens (tertiary/aromatic N) is 1. The zero-order valence-electron chi connectivity index (χ0n) is 14.8. The minimum atomic E-state index is -0.892. The van der Waals surface area contributed by atoms with Gasteiger partial charge in [0.15, 0.2) is 6.61 Å². The van der Waals surface area contributed by atoms with Crippen LogP contribution in [0.4, 0.5) is 4.79 Å². The van der Waals surface area contributed by atoms with E-state index in [4.69, 9.17) is 9.47 Å². The van der Waals surface area contributed by atoms with Crippen molar-refractivity contribution in [1.82, 2.24) is 10.3 Å². The van der Waals surface area contributed by atoms with Gasteiger partial charge in [-0.15, -0.1) is 0 Å². The summed E-state index contributed by atoms with van der Waals surface area (Å²) in [6.45, 7) is 3.01. The highest BCUT2D eigenvalue weighted by Gasteiger charge is 2.21. The number of fused-ring (bicyclic) bond motifs is 1. The van der Waals surface area contributed by atoms with Crippen molar-refractivity contribution < 1.29 is 28.6 Å². The molecule has 0 spiro atoms. The molecule has 1 N–H and O–H groups in total. The molecule has 2 rings (SSSR count). The van der Waals surface area contributed by atoms with Crippen molar-refractivity contribution in [2.45, 2.75) is 20.5 Å². The van der Waals surface area contributed by atoms with Crippen LogP contribution in [0.3, 0.4) is 0 Å². The summed E-state index contributed by atoms with van der Waals surface area (Å²) >= 11 is 0. The number of para-hydroxylation sites is 1. The van der Waals surface area contributed by atoms with Crippen LogP contribution in [-0.2, 0) is 25.6 Å². The monoisotopic (exact) mass is 360 g/mol. The van der Waals surface area contributed by atoms with Crippen molar-refractivity contribution in [3.05, 3.63) is 41.1 Å². The van der Waals surface area contributed by atoms with Crippen LogP contribution in [0.2, 0.25) is 0 Å². The summed E-state index contributed by atoms with van der Waals surface area (Å²) < 4.78 is 14.7. The van der Waals surface area contributed by atoms with E-state index in [0.717, 1.165) is 10.9 Å².